The number of piperazine rings is 1. The Morgan fingerprint density at radius 3 is 2.34 bits per heavy atom. The van der Waals surface area contributed by atoms with Gasteiger partial charge in [-0.2, -0.15) is 0 Å². The van der Waals surface area contributed by atoms with E-state index in [1.807, 2.05) is 4.90 Å². The molecule has 2 fully saturated rings. The largest absolute Gasteiger partial charge is 0.368 e. The first-order chi connectivity index (χ1) is 13.6. The Hall–Kier alpha value is -0.610. The van der Waals surface area contributed by atoms with Crippen molar-refractivity contribution in [2.24, 2.45) is 4.99 Å². The minimum absolute atomic E-state index is 0. The third-order valence-corrected chi connectivity index (χ3v) is 5.46. The molecule has 170 valence electrons. The van der Waals surface area contributed by atoms with Gasteiger partial charge in [0.05, 0.1) is 0 Å². The Kier molecular flexibility index (Phi) is 13.9. The number of nitrogens with zero attached hydrogens (tertiary/aromatic N) is 4. The zero-order chi connectivity index (χ0) is 20.2. The van der Waals surface area contributed by atoms with E-state index in [0.717, 1.165) is 71.1 Å². The van der Waals surface area contributed by atoms with Gasteiger partial charge < -0.3 is 24.8 Å². The molecule has 7 nitrogen and oxygen atoms in total. The molecular weight excluding hydrogens is 481 g/mol. The van der Waals surface area contributed by atoms with Crippen molar-refractivity contribution in [1.82, 2.24) is 20.0 Å². The van der Waals surface area contributed by atoms with Crippen molar-refractivity contribution < 1.29 is 9.53 Å². The van der Waals surface area contributed by atoms with E-state index in [9.17, 15) is 4.79 Å². The third-order valence-electron chi connectivity index (χ3n) is 5.46. The maximum Gasteiger partial charge on any atom is 0.251 e. The SMILES string of the molecule is CCNC(=NCCCCCCCN(C)C)N1CCN(C(=O)C2CCCO2)CC1.I. The quantitative estimate of drug-likeness (QED) is 0.206. The van der Waals surface area contributed by atoms with Gasteiger partial charge in [0, 0.05) is 45.9 Å². The molecule has 2 heterocycles. The first-order valence-corrected chi connectivity index (χ1v) is 11.2. The van der Waals surface area contributed by atoms with E-state index in [0.29, 0.717) is 0 Å². The molecule has 0 saturated carbocycles. The second-order valence-electron chi connectivity index (χ2n) is 8.12. The van der Waals surface area contributed by atoms with Crippen LogP contribution in [0.2, 0.25) is 0 Å². The standard InChI is InChI=1S/C21H41N5O2.HI/c1-4-22-21(23-12-8-6-5-7-9-13-24(2)3)26-16-14-25(15-17-26)20(27)19-11-10-18-28-19;/h19H,4-18H2,1-3H3,(H,22,23);1H. The van der Waals surface area contributed by atoms with Gasteiger partial charge in [-0.3, -0.25) is 9.79 Å². The van der Waals surface area contributed by atoms with Crippen LogP contribution < -0.4 is 5.32 Å². The molecule has 29 heavy (non-hydrogen) atoms. The summed E-state index contributed by atoms with van der Waals surface area (Å²) in [7, 11) is 4.27. The number of hydrogen-bond donors (Lipinski definition) is 1. The Morgan fingerprint density at radius 2 is 1.72 bits per heavy atom. The van der Waals surface area contributed by atoms with Gasteiger partial charge in [-0.05, 0) is 53.2 Å². The summed E-state index contributed by atoms with van der Waals surface area (Å²) in [6.45, 7) is 8.97. The number of guanidine groups is 1. The van der Waals surface area contributed by atoms with Gasteiger partial charge in [0.25, 0.3) is 5.91 Å². The normalized spacial score (nSPS) is 20.1. The zero-order valence-corrected chi connectivity index (χ0v) is 21.0. The minimum Gasteiger partial charge on any atom is -0.368 e. The maximum absolute atomic E-state index is 12.5. The number of nitrogens with one attached hydrogen (secondary N) is 1. The van der Waals surface area contributed by atoms with E-state index in [4.69, 9.17) is 9.73 Å². The van der Waals surface area contributed by atoms with Gasteiger partial charge in [-0.25, -0.2) is 0 Å². The topological polar surface area (TPSA) is 60.4 Å². The molecule has 0 bridgehead atoms. The predicted molar refractivity (Wildman–Crippen MR) is 130 cm³/mol. The van der Waals surface area contributed by atoms with Crippen LogP contribution in [0.1, 0.15) is 51.9 Å². The van der Waals surface area contributed by atoms with Crippen molar-refractivity contribution in [2.45, 2.75) is 58.0 Å². The average Bonchev–Trinajstić information content (AvgIpc) is 3.23. The molecule has 1 N–H and O–H groups in total. The van der Waals surface area contributed by atoms with E-state index in [1.165, 1.54) is 32.2 Å². The lowest BCUT2D eigenvalue weighted by Crippen LogP contribution is -2.55. The van der Waals surface area contributed by atoms with Crippen LogP contribution in [-0.2, 0) is 9.53 Å². The number of hydrogen-bond acceptors (Lipinski definition) is 4. The van der Waals surface area contributed by atoms with Gasteiger partial charge in [0.2, 0.25) is 0 Å². The van der Waals surface area contributed by atoms with Crippen LogP contribution in [-0.4, -0.2) is 99.2 Å². The number of ether oxygens (including phenoxy) is 1. The van der Waals surface area contributed by atoms with Crippen molar-refractivity contribution in [3.63, 3.8) is 0 Å². The van der Waals surface area contributed by atoms with Crippen LogP contribution in [0.5, 0.6) is 0 Å². The molecule has 1 atom stereocenters. The van der Waals surface area contributed by atoms with Crippen LogP contribution in [0.25, 0.3) is 0 Å². The highest BCUT2D eigenvalue weighted by atomic mass is 127. The molecule has 0 aromatic heterocycles. The first-order valence-electron chi connectivity index (χ1n) is 11.2. The highest BCUT2D eigenvalue weighted by Gasteiger charge is 2.30. The van der Waals surface area contributed by atoms with E-state index in [1.54, 1.807) is 0 Å². The lowest BCUT2D eigenvalue weighted by molar-refractivity contribution is -0.142. The number of carbonyl (C=O) groups excluding carboxylic acids is 1. The van der Waals surface area contributed by atoms with E-state index < -0.39 is 0 Å². The molecule has 0 aromatic rings. The molecule has 8 heteroatoms. The lowest BCUT2D eigenvalue weighted by atomic mass is 10.1. The average molecular weight is 524 g/mol. The Balaban J connectivity index is 0.00000420. The van der Waals surface area contributed by atoms with E-state index in [-0.39, 0.29) is 36.0 Å². The molecule has 2 aliphatic rings. The van der Waals surface area contributed by atoms with Crippen molar-refractivity contribution in [3.05, 3.63) is 0 Å². The fraction of sp³-hybridized carbons (Fsp3) is 0.905. The highest BCUT2D eigenvalue weighted by Crippen LogP contribution is 2.16. The number of carbonyl (C=O) groups is 1. The molecule has 2 aliphatic heterocycles. The third kappa shape index (κ3) is 9.83. The molecule has 0 radical (unpaired) electrons. The fourth-order valence-electron chi connectivity index (χ4n) is 3.80. The van der Waals surface area contributed by atoms with Gasteiger partial charge in [-0.1, -0.05) is 19.3 Å². The van der Waals surface area contributed by atoms with E-state index >= 15 is 0 Å². The molecule has 1 amide bonds. The number of aliphatic imine (C=N–C) groups is 1. The van der Waals surface area contributed by atoms with E-state index in [2.05, 4.69) is 36.1 Å². The number of halogens is 1. The Bertz CT molecular complexity index is 476. The zero-order valence-electron chi connectivity index (χ0n) is 18.7. The summed E-state index contributed by atoms with van der Waals surface area (Å²) in [5.74, 6) is 1.17. The van der Waals surface area contributed by atoms with Crippen molar-refractivity contribution >= 4 is 35.8 Å². The summed E-state index contributed by atoms with van der Waals surface area (Å²) >= 11 is 0. The predicted octanol–water partition coefficient (Wildman–Crippen LogP) is 2.41. The molecule has 1 unspecified atom stereocenters. The molecule has 2 saturated heterocycles. The Morgan fingerprint density at radius 1 is 1.07 bits per heavy atom. The van der Waals surface area contributed by atoms with Gasteiger partial charge in [0.1, 0.15) is 6.10 Å². The van der Waals surface area contributed by atoms with Gasteiger partial charge in [-0.15, -0.1) is 24.0 Å². The van der Waals surface area contributed by atoms with Gasteiger partial charge in [0.15, 0.2) is 5.96 Å². The van der Waals surface area contributed by atoms with Crippen LogP contribution in [0.4, 0.5) is 0 Å². The molecule has 0 spiro atoms. The molecule has 0 aromatic carbocycles. The van der Waals surface area contributed by atoms with Crippen molar-refractivity contribution in [3.8, 4) is 0 Å². The smallest absolute Gasteiger partial charge is 0.251 e. The van der Waals surface area contributed by atoms with Crippen molar-refractivity contribution in [2.75, 3.05) is 66.5 Å². The maximum atomic E-state index is 12.5. The van der Waals surface area contributed by atoms with Crippen LogP contribution >= 0.6 is 24.0 Å². The van der Waals surface area contributed by atoms with Gasteiger partial charge >= 0.3 is 0 Å². The number of rotatable bonds is 10. The second kappa shape index (κ2) is 15.2. The summed E-state index contributed by atoms with van der Waals surface area (Å²) < 4.78 is 5.55. The first kappa shape index (κ1) is 26.4. The fourth-order valence-corrected chi connectivity index (χ4v) is 3.80. The minimum atomic E-state index is -0.203. The van der Waals surface area contributed by atoms with Crippen LogP contribution in [0.15, 0.2) is 4.99 Å². The molecule has 2 rings (SSSR count). The summed E-state index contributed by atoms with van der Waals surface area (Å²) in [5, 5.41) is 3.42. The summed E-state index contributed by atoms with van der Waals surface area (Å²) in [6.07, 6.45) is 7.96. The van der Waals surface area contributed by atoms with Crippen LogP contribution in [0.3, 0.4) is 0 Å². The summed E-state index contributed by atoms with van der Waals surface area (Å²) in [4.78, 5) is 23.8. The summed E-state index contributed by atoms with van der Waals surface area (Å²) in [6, 6.07) is 0. The Labute approximate surface area is 194 Å². The van der Waals surface area contributed by atoms with Crippen molar-refractivity contribution in [1.29, 1.82) is 0 Å². The number of amides is 1. The highest BCUT2D eigenvalue weighted by molar-refractivity contribution is 14.0. The second-order valence-corrected chi connectivity index (χ2v) is 8.12. The molecular formula is C21H42IN5O2. The monoisotopic (exact) mass is 523 g/mol. The van der Waals surface area contributed by atoms with Crippen LogP contribution in [0, 0.1) is 0 Å². The number of unbranched alkanes of at least 4 members (excludes halogenated alkanes) is 4. The summed E-state index contributed by atoms with van der Waals surface area (Å²) in [5.41, 5.74) is 0. The lowest BCUT2D eigenvalue weighted by Gasteiger charge is -2.37. The molecule has 0 aliphatic carbocycles.